The van der Waals surface area contributed by atoms with Crippen molar-refractivity contribution in [1.82, 2.24) is 55.6 Å². The summed E-state index contributed by atoms with van der Waals surface area (Å²) < 4.78 is 197. The van der Waals surface area contributed by atoms with Gasteiger partial charge in [-0.25, -0.2) is 18.3 Å². The lowest BCUT2D eigenvalue weighted by Crippen LogP contribution is -2.42. The van der Waals surface area contributed by atoms with Crippen LogP contribution in [0.3, 0.4) is 0 Å². The fraction of sp³-hybridized carbons (Fsp3) is 0.781. The van der Waals surface area contributed by atoms with Crippen LogP contribution in [0.2, 0.25) is 1.41 Å². The van der Waals surface area contributed by atoms with Crippen LogP contribution in [0.15, 0.2) is 30.7 Å². The van der Waals surface area contributed by atoms with E-state index in [-0.39, 0.29) is 241 Å². The van der Waals surface area contributed by atoms with Crippen molar-refractivity contribution in [1.29, 1.82) is 0 Å². The third-order valence-corrected chi connectivity index (χ3v) is 18.1. The number of aliphatic hydroxyl groups excluding tert-OH is 1. The van der Waals surface area contributed by atoms with Gasteiger partial charge in [-0.2, -0.15) is 5.89 Å². The Labute approximate surface area is 683 Å². The Kier molecular flexibility index (Phi) is 58.0. The van der Waals surface area contributed by atoms with Gasteiger partial charge in [-0.3, -0.25) is 55.3 Å². The molecule has 3 heterocycles. The van der Waals surface area contributed by atoms with Crippen LogP contribution < -0.4 is 30.7 Å². The van der Waals surface area contributed by atoms with Crippen LogP contribution in [0.25, 0.3) is 0 Å². The van der Waals surface area contributed by atoms with E-state index >= 15 is 0 Å². The molecule has 0 aliphatic carbocycles. The molecule has 118 heavy (non-hydrogen) atoms. The van der Waals surface area contributed by atoms with Gasteiger partial charge in [-0.05, 0) is 32.9 Å². The Morgan fingerprint density at radius 3 is 0.958 bits per heavy atom. The van der Waals surface area contributed by atoms with Gasteiger partial charge in [0, 0.05) is 38.2 Å². The first-order chi connectivity index (χ1) is 57.7. The Balaban J connectivity index is 0.864. The molecule has 5 atom stereocenters. The van der Waals surface area contributed by atoms with Crippen LogP contribution >= 0.6 is 31.3 Å². The molecule has 9 N–H and O–H groups in total. The molecule has 0 saturated carbocycles. The molecule has 3 aromatic heterocycles. The summed E-state index contributed by atoms with van der Waals surface area (Å²) in [6.07, 6.45) is 4.89. The van der Waals surface area contributed by atoms with E-state index in [1.807, 2.05) is 20.8 Å². The first-order valence-corrected chi connectivity index (χ1v) is 43.6. The Hall–Kier alpha value is -5.30. The number of hydrogen-bond acceptors (Lipinski definition) is 41. The predicted molar refractivity (Wildman–Crippen MR) is 402 cm³/mol. The average Bonchev–Trinajstić information content (AvgIpc) is 1.79. The minimum atomic E-state index is -4.64. The number of ether oxygens (including phenoxy) is 18. The third-order valence-electron chi connectivity index (χ3n) is 14.3. The van der Waals surface area contributed by atoms with Gasteiger partial charge in [-0.1, -0.05) is 15.6 Å². The SMILES string of the molecule is [2H]NOOP(=O)(O)OCCOCCOCCOCCOCCOCCOP(=O)(O)OCCOCCOCCOCCOCCOCCOP(=O)(O)OCCOCCOCCOCCOCCOCCOP(=O)(O)OCC(CO)NC(=O)CCNC(=O)c1cc(OCc2cn(CC)nn2)c(OCc2cn(CC)nn2)c(OCc2cn(CC)nn2)c1. The van der Waals surface area contributed by atoms with Gasteiger partial charge >= 0.3 is 31.3 Å². The number of nitrogens with one attached hydrogen (secondary N) is 2. The van der Waals surface area contributed by atoms with Crippen LogP contribution in [-0.4, -0.2) is 345 Å². The molecule has 680 valence electrons. The molecule has 50 nitrogen and oxygen atoms in total. The van der Waals surface area contributed by atoms with E-state index in [1.54, 1.807) is 32.6 Å². The number of rotatable bonds is 84. The minimum absolute atomic E-state index is 0.00454. The second-order valence-electron chi connectivity index (χ2n) is 23.3. The number of hydrogen-bond donors (Lipinski definition) is 8. The van der Waals surface area contributed by atoms with E-state index in [0.29, 0.717) is 89.6 Å². The summed E-state index contributed by atoms with van der Waals surface area (Å²) in [5.41, 5.74) is 1.60. The number of aryl methyl sites for hydroxylation is 3. The third kappa shape index (κ3) is 54.3. The van der Waals surface area contributed by atoms with Crippen molar-refractivity contribution in [2.45, 2.75) is 72.7 Å². The number of amides is 2. The number of nitrogens with two attached hydrogens (primary N) is 1. The maximum absolute atomic E-state index is 13.7. The number of benzene rings is 1. The zero-order valence-electron chi connectivity index (χ0n) is 67.5. The van der Waals surface area contributed by atoms with Gasteiger partial charge in [0.2, 0.25) is 11.7 Å². The number of carbonyl (C=O) groups is 2. The second-order valence-corrected chi connectivity index (χ2v) is 29.0. The highest BCUT2D eigenvalue weighted by Crippen LogP contribution is 2.45. The van der Waals surface area contributed by atoms with E-state index in [9.17, 15) is 47.6 Å². The molecular formula is C64H116N12O38P4. The van der Waals surface area contributed by atoms with Crippen LogP contribution in [0, 0.1) is 0 Å². The van der Waals surface area contributed by atoms with Crippen molar-refractivity contribution in [3.05, 3.63) is 53.4 Å². The van der Waals surface area contributed by atoms with Crippen molar-refractivity contribution in [2.75, 3.05) is 258 Å². The monoisotopic (exact) mass is 1790 g/mol. The van der Waals surface area contributed by atoms with E-state index in [2.05, 4.69) is 55.8 Å². The predicted octanol–water partition coefficient (Wildman–Crippen LogP) is 0.443. The average molecular weight is 1790 g/mol. The highest BCUT2D eigenvalue weighted by molar-refractivity contribution is 7.48. The van der Waals surface area contributed by atoms with Gasteiger partial charge < -0.3 is 121 Å². The van der Waals surface area contributed by atoms with E-state index < -0.39 is 62.4 Å². The van der Waals surface area contributed by atoms with Crippen LogP contribution in [0.4, 0.5) is 0 Å². The Bertz CT molecular complexity index is 3380. The van der Waals surface area contributed by atoms with Crippen LogP contribution in [0.1, 0.15) is 54.6 Å². The summed E-state index contributed by atoms with van der Waals surface area (Å²) in [6.45, 7) is 10.7. The molecule has 0 radical (unpaired) electrons. The summed E-state index contributed by atoms with van der Waals surface area (Å²) in [5.74, 6) is 0.473. The van der Waals surface area contributed by atoms with Crippen molar-refractivity contribution >= 4 is 43.1 Å². The summed E-state index contributed by atoms with van der Waals surface area (Å²) in [6, 6.07) is 1.79. The molecule has 0 bridgehead atoms. The van der Waals surface area contributed by atoms with E-state index in [1.165, 1.54) is 18.0 Å². The van der Waals surface area contributed by atoms with Crippen molar-refractivity contribution in [2.24, 2.45) is 5.89 Å². The maximum atomic E-state index is 13.7. The molecule has 4 rings (SSSR count). The van der Waals surface area contributed by atoms with Gasteiger partial charge in [0.05, 0.1) is 276 Å². The number of aromatic nitrogens is 9. The number of carbonyl (C=O) groups excluding carboxylic acids is 2. The zero-order chi connectivity index (χ0) is 86.0. The van der Waals surface area contributed by atoms with Gasteiger partial charge in [0.1, 0.15) is 36.9 Å². The van der Waals surface area contributed by atoms with Gasteiger partial charge in [0.15, 0.2) is 12.9 Å². The zero-order valence-corrected chi connectivity index (χ0v) is 70.1. The fourth-order valence-electron chi connectivity index (χ4n) is 8.60. The number of nitrogens with zero attached hydrogens (tertiary/aromatic N) is 9. The topological polar surface area (TPSA) is 595 Å². The van der Waals surface area contributed by atoms with Crippen molar-refractivity contribution in [3.63, 3.8) is 0 Å². The van der Waals surface area contributed by atoms with Gasteiger partial charge in [0.25, 0.3) is 5.91 Å². The Morgan fingerprint density at radius 2 is 0.686 bits per heavy atom. The molecular weight excluding hydrogens is 1670 g/mol. The Morgan fingerprint density at radius 1 is 0.415 bits per heavy atom. The van der Waals surface area contributed by atoms with Crippen molar-refractivity contribution in [3.8, 4) is 17.2 Å². The lowest BCUT2D eigenvalue weighted by atomic mass is 10.1. The normalized spacial score (nSPS) is 14.2. The molecule has 0 aliphatic heterocycles. The highest BCUT2D eigenvalue weighted by Gasteiger charge is 2.27. The molecule has 0 aliphatic rings. The summed E-state index contributed by atoms with van der Waals surface area (Å²) in [5, 5.41) is 39.7. The first-order valence-electron chi connectivity index (χ1n) is 38.1. The van der Waals surface area contributed by atoms with Crippen LogP contribution in [0.5, 0.6) is 17.2 Å². The smallest absolute Gasteiger partial charge is 0.483 e. The molecule has 54 heteroatoms. The summed E-state index contributed by atoms with van der Waals surface area (Å²) in [7, 11) is -17.7. The maximum Gasteiger partial charge on any atom is 0.501 e. The highest BCUT2D eigenvalue weighted by atomic mass is 31.2. The summed E-state index contributed by atoms with van der Waals surface area (Å²) in [4.78, 5) is 69.6. The molecule has 2 amide bonds. The molecule has 0 fully saturated rings. The van der Waals surface area contributed by atoms with Gasteiger partial charge in [-0.15, -0.1) is 25.0 Å². The molecule has 1 aromatic carbocycles. The number of aliphatic hydroxyl groups is 1. The summed E-state index contributed by atoms with van der Waals surface area (Å²) >= 11 is 0. The fourth-order valence-corrected chi connectivity index (χ4v) is 11.2. The minimum Gasteiger partial charge on any atom is -0.483 e. The quantitative estimate of drug-likeness (QED) is 0.0129. The number of phosphoric acid groups is 4. The molecule has 0 saturated heterocycles. The second kappa shape index (κ2) is 66.3. The van der Waals surface area contributed by atoms with E-state index in [0.717, 1.165) is 0 Å². The van der Waals surface area contributed by atoms with Crippen molar-refractivity contribution < 1.29 is 181 Å². The first kappa shape index (κ1) is 103. The van der Waals surface area contributed by atoms with E-state index in [4.69, 9.17) is 119 Å². The lowest BCUT2D eigenvalue weighted by Gasteiger charge is -2.19. The molecule has 5 unspecified atom stereocenters. The largest absolute Gasteiger partial charge is 0.501 e. The lowest BCUT2D eigenvalue weighted by molar-refractivity contribution is -0.229. The molecule has 0 spiro atoms. The number of phosphoric ester groups is 4. The standard InChI is InChI=1S/C64H116N12O38P4/c1-4-74-47-56(68-71-74)51-103-60-45-55(46-61(104-52-57-48-75(5-2)72-69-57)63(60)105-53-58-49-76(6-3)73-70-58)64(79)66-8-7-62(78)67-59(50-77)54-112-117(84,85)110-43-37-101-31-25-95-19-13-89-11-17-93-23-29-99-35-41-108-115(80,81)106-39-33-97-27-21-91-15-9-88-10-16-92-22-28-98-34-40-107-116(82,83)109-42-36-100-30-24-94-18-12-90-14-20-96-26-32-102-38-44-111-118(86,87)114-113-65/h45-49,59,77H,4-44,50-54,65H2,1-3H3,(H,66,79)(H,67,78)(H,80,81)(H,82,83)(H,84,85)(H,86,87)/i65D. The van der Waals surface area contributed by atoms with Crippen LogP contribution in [-0.2, 0) is 175 Å². The molecule has 4 aromatic rings.